The molecule has 0 radical (unpaired) electrons. The predicted molar refractivity (Wildman–Crippen MR) is 77.0 cm³/mol. The van der Waals surface area contributed by atoms with Gasteiger partial charge in [-0.3, -0.25) is 9.78 Å². The third kappa shape index (κ3) is 3.42. The van der Waals surface area contributed by atoms with Crippen LogP contribution in [0, 0.1) is 13.8 Å². The summed E-state index contributed by atoms with van der Waals surface area (Å²) < 4.78 is 0. The lowest BCUT2D eigenvalue weighted by atomic mass is 10.1. The predicted octanol–water partition coefficient (Wildman–Crippen LogP) is 2.05. The lowest BCUT2D eigenvalue weighted by molar-refractivity contribution is -0.129. The van der Waals surface area contributed by atoms with E-state index < -0.39 is 12.0 Å². The number of nitrogens with zero attached hydrogens (tertiary/aromatic N) is 1. The van der Waals surface area contributed by atoms with E-state index in [-0.39, 0.29) is 0 Å². The Balaban J connectivity index is 1.98. The average Bonchev–Trinajstić information content (AvgIpc) is 2.46. The number of carbonyl (C=O) groups is 1. The summed E-state index contributed by atoms with van der Waals surface area (Å²) in [5.74, 6) is -0.406. The summed E-state index contributed by atoms with van der Waals surface area (Å²) in [6, 6.07) is 10.8. The smallest absolute Gasteiger partial charge is 0.253 e. The second kappa shape index (κ2) is 6.30. The van der Waals surface area contributed by atoms with Crippen molar-refractivity contribution in [2.24, 2.45) is 0 Å². The third-order valence-corrected chi connectivity index (χ3v) is 3.17. The molecule has 1 aromatic carbocycles. The maximum Gasteiger partial charge on any atom is 0.253 e. The van der Waals surface area contributed by atoms with E-state index in [0.717, 1.165) is 16.8 Å². The Morgan fingerprint density at radius 2 is 2.00 bits per heavy atom. The normalized spacial score (nSPS) is 11.9. The first-order valence-electron chi connectivity index (χ1n) is 6.51. The minimum absolute atomic E-state index is 0.363. The Bertz CT molecular complexity index is 597. The van der Waals surface area contributed by atoms with Crippen LogP contribution in [-0.4, -0.2) is 16.0 Å². The fourth-order valence-corrected chi connectivity index (χ4v) is 1.98. The summed E-state index contributed by atoms with van der Waals surface area (Å²) in [6.45, 7) is 4.26. The molecule has 1 atom stereocenters. The molecule has 1 aromatic heterocycles. The zero-order valence-electron chi connectivity index (χ0n) is 11.6. The molecule has 0 bridgehead atoms. The van der Waals surface area contributed by atoms with Crippen molar-refractivity contribution in [3.63, 3.8) is 0 Å². The molecular formula is C16H18N2O2. The molecule has 0 saturated carbocycles. The fourth-order valence-electron chi connectivity index (χ4n) is 1.98. The molecule has 1 heterocycles. The van der Waals surface area contributed by atoms with E-state index in [2.05, 4.69) is 10.3 Å². The van der Waals surface area contributed by atoms with Crippen molar-refractivity contribution in [3.05, 3.63) is 65.0 Å². The van der Waals surface area contributed by atoms with E-state index in [1.54, 1.807) is 30.5 Å². The number of carbonyl (C=O) groups excluding carboxylic acids is 1. The summed E-state index contributed by atoms with van der Waals surface area (Å²) in [5, 5.41) is 12.7. The van der Waals surface area contributed by atoms with Gasteiger partial charge in [0, 0.05) is 18.4 Å². The van der Waals surface area contributed by atoms with Crippen LogP contribution in [-0.2, 0) is 11.3 Å². The van der Waals surface area contributed by atoms with E-state index in [0.29, 0.717) is 12.1 Å². The molecule has 0 aliphatic heterocycles. The molecule has 104 valence electrons. The highest BCUT2D eigenvalue weighted by molar-refractivity contribution is 5.81. The second-order valence-corrected chi connectivity index (χ2v) is 4.78. The van der Waals surface area contributed by atoms with Crippen LogP contribution < -0.4 is 5.32 Å². The number of hydrogen-bond acceptors (Lipinski definition) is 3. The van der Waals surface area contributed by atoms with E-state index in [9.17, 15) is 9.90 Å². The van der Waals surface area contributed by atoms with E-state index in [1.807, 2.05) is 26.0 Å². The number of amides is 1. The number of aryl methyl sites for hydroxylation is 2. The molecule has 0 spiro atoms. The van der Waals surface area contributed by atoms with Gasteiger partial charge in [-0.15, -0.1) is 0 Å². The van der Waals surface area contributed by atoms with Crippen LogP contribution in [0.4, 0.5) is 0 Å². The second-order valence-electron chi connectivity index (χ2n) is 4.78. The summed E-state index contributed by atoms with van der Waals surface area (Å²) in [7, 11) is 0. The van der Waals surface area contributed by atoms with Gasteiger partial charge in [-0.05, 0) is 36.6 Å². The largest absolute Gasteiger partial charge is 0.378 e. The van der Waals surface area contributed by atoms with E-state index in [4.69, 9.17) is 0 Å². The van der Waals surface area contributed by atoms with Crippen molar-refractivity contribution in [2.45, 2.75) is 26.5 Å². The SMILES string of the molecule is Cc1cc(C)c(CNC(=O)[C@H](O)c2ccccc2)cn1. The van der Waals surface area contributed by atoms with Crippen molar-refractivity contribution >= 4 is 5.91 Å². The molecule has 1 amide bonds. The van der Waals surface area contributed by atoms with Gasteiger partial charge in [0.2, 0.25) is 0 Å². The number of hydrogen-bond donors (Lipinski definition) is 2. The molecule has 2 aromatic rings. The molecule has 0 fully saturated rings. The lowest BCUT2D eigenvalue weighted by Crippen LogP contribution is -2.29. The molecule has 0 saturated heterocycles. The van der Waals surface area contributed by atoms with Crippen LogP contribution in [0.15, 0.2) is 42.6 Å². The molecule has 0 aliphatic rings. The summed E-state index contributed by atoms with van der Waals surface area (Å²) >= 11 is 0. The summed E-state index contributed by atoms with van der Waals surface area (Å²) in [6.07, 6.45) is 0.606. The number of aliphatic hydroxyl groups is 1. The van der Waals surface area contributed by atoms with Crippen LogP contribution in [0.2, 0.25) is 0 Å². The first-order chi connectivity index (χ1) is 9.58. The maximum atomic E-state index is 11.9. The molecule has 2 N–H and O–H groups in total. The molecule has 0 unspecified atom stereocenters. The van der Waals surface area contributed by atoms with Crippen molar-refractivity contribution < 1.29 is 9.90 Å². The maximum absolute atomic E-state index is 11.9. The van der Waals surface area contributed by atoms with E-state index in [1.165, 1.54) is 0 Å². The van der Waals surface area contributed by atoms with Gasteiger partial charge in [0.15, 0.2) is 6.10 Å². The highest BCUT2D eigenvalue weighted by Crippen LogP contribution is 2.13. The number of aliphatic hydroxyl groups excluding tert-OH is 1. The molecule has 4 heteroatoms. The van der Waals surface area contributed by atoms with Crippen LogP contribution >= 0.6 is 0 Å². The molecular weight excluding hydrogens is 252 g/mol. The van der Waals surface area contributed by atoms with Crippen LogP contribution in [0.25, 0.3) is 0 Å². The van der Waals surface area contributed by atoms with Gasteiger partial charge in [-0.2, -0.15) is 0 Å². The quantitative estimate of drug-likeness (QED) is 0.893. The van der Waals surface area contributed by atoms with Crippen molar-refractivity contribution in [1.29, 1.82) is 0 Å². The van der Waals surface area contributed by atoms with Crippen molar-refractivity contribution in [1.82, 2.24) is 10.3 Å². The lowest BCUT2D eigenvalue weighted by Gasteiger charge is -2.12. The zero-order chi connectivity index (χ0) is 14.5. The Labute approximate surface area is 118 Å². The van der Waals surface area contributed by atoms with Gasteiger partial charge in [0.25, 0.3) is 5.91 Å². The Kier molecular flexibility index (Phi) is 4.48. The summed E-state index contributed by atoms with van der Waals surface area (Å²) in [5.41, 5.74) is 3.56. The third-order valence-electron chi connectivity index (χ3n) is 3.17. The Morgan fingerprint density at radius 3 is 2.65 bits per heavy atom. The Hall–Kier alpha value is -2.20. The van der Waals surface area contributed by atoms with Crippen LogP contribution in [0.3, 0.4) is 0 Å². The first-order valence-corrected chi connectivity index (χ1v) is 6.51. The van der Waals surface area contributed by atoms with Gasteiger partial charge in [0.1, 0.15) is 0 Å². The van der Waals surface area contributed by atoms with Gasteiger partial charge < -0.3 is 10.4 Å². The minimum atomic E-state index is -1.14. The van der Waals surface area contributed by atoms with Gasteiger partial charge in [0.05, 0.1) is 0 Å². The van der Waals surface area contributed by atoms with Crippen molar-refractivity contribution in [3.8, 4) is 0 Å². The molecule has 4 nitrogen and oxygen atoms in total. The number of nitrogens with one attached hydrogen (secondary N) is 1. The number of pyridine rings is 1. The van der Waals surface area contributed by atoms with Crippen LogP contribution in [0.5, 0.6) is 0 Å². The van der Waals surface area contributed by atoms with Crippen LogP contribution in [0.1, 0.15) is 28.5 Å². The first kappa shape index (κ1) is 14.2. The van der Waals surface area contributed by atoms with E-state index >= 15 is 0 Å². The minimum Gasteiger partial charge on any atom is -0.378 e. The molecule has 0 aliphatic carbocycles. The van der Waals surface area contributed by atoms with Crippen molar-refractivity contribution in [2.75, 3.05) is 0 Å². The van der Waals surface area contributed by atoms with Gasteiger partial charge in [-0.25, -0.2) is 0 Å². The number of rotatable bonds is 4. The van der Waals surface area contributed by atoms with Gasteiger partial charge >= 0.3 is 0 Å². The average molecular weight is 270 g/mol. The monoisotopic (exact) mass is 270 g/mol. The topological polar surface area (TPSA) is 62.2 Å². The molecule has 2 rings (SSSR count). The standard InChI is InChI=1S/C16H18N2O2/c1-11-8-12(2)17-9-14(11)10-18-16(20)15(19)13-6-4-3-5-7-13/h3-9,15,19H,10H2,1-2H3,(H,18,20)/t15-/m1/s1. The zero-order valence-corrected chi connectivity index (χ0v) is 11.6. The highest BCUT2D eigenvalue weighted by atomic mass is 16.3. The van der Waals surface area contributed by atoms with Gasteiger partial charge in [-0.1, -0.05) is 30.3 Å². The number of benzene rings is 1. The Morgan fingerprint density at radius 1 is 1.30 bits per heavy atom. The fraction of sp³-hybridized carbons (Fsp3) is 0.250. The molecule has 20 heavy (non-hydrogen) atoms. The highest BCUT2D eigenvalue weighted by Gasteiger charge is 2.16. The summed E-state index contributed by atoms with van der Waals surface area (Å²) in [4.78, 5) is 16.1. The number of aromatic nitrogens is 1.